The Labute approximate surface area is 108 Å². The van der Waals surface area contributed by atoms with Crippen molar-refractivity contribution < 1.29 is 9.26 Å². The molecule has 1 heterocycles. The van der Waals surface area contributed by atoms with Gasteiger partial charge in [0.2, 0.25) is 0 Å². The maximum absolute atomic E-state index is 5.89. The fraction of sp³-hybridized carbons (Fsp3) is 0.846. The van der Waals surface area contributed by atoms with Gasteiger partial charge in [-0.1, -0.05) is 24.9 Å². The van der Waals surface area contributed by atoms with Crippen LogP contribution in [0.5, 0.6) is 0 Å². The van der Waals surface area contributed by atoms with Crippen LogP contribution in [0.1, 0.15) is 50.7 Å². The number of nitrogens with two attached hydrogens (primary N) is 1. The number of hydrogen-bond acceptors (Lipinski definition) is 5. The summed E-state index contributed by atoms with van der Waals surface area (Å²) in [5.41, 5.74) is 5.77. The molecule has 1 aromatic heterocycles. The molecule has 2 unspecified atom stereocenters. The molecule has 2 rings (SSSR count). The van der Waals surface area contributed by atoms with E-state index >= 15 is 0 Å². The highest BCUT2D eigenvalue weighted by molar-refractivity contribution is 4.85. The Balaban J connectivity index is 1.81. The molecular weight excluding hydrogens is 230 g/mol. The van der Waals surface area contributed by atoms with Crippen molar-refractivity contribution in [2.45, 2.75) is 58.2 Å². The molecule has 0 spiro atoms. The average molecular weight is 253 g/mol. The number of hydrogen-bond donors (Lipinski definition) is 1. The van der Waals surface area contributed by atoms with E-state index in [9.17, 15) is 0 Å². The van der Waals surface area contributed by atoms with E-state index in [1.807, 2.05) is 0 Å². The van der Waals surface area contributed by atoms with Crippen LogP contribution in [-0.4, -0.2) is 22.8 Å². The maximum atomic E-state index is 5.89. The molecule has 5 heteroatoms. The van der Waals surface area contributed by atoms with Gasteiger partial charge in [0.15, 0.2) is 5.82 Å². The summed E-state index contributed by atoms with van der Waals surface area (Å²) in [4.78, 5) is 4.30. The van der Waals surface area contributed by atoms with Crippen LogP contribution in [0, 0.1) is 5.92 Å². The van der Waals surface area contributed by atoms with Crippen molar-refractivity contribution in [3.05, 3.63) is 11.7 Å². The standard InChI is InChI=1S/C13H23N3O2/c1-2-5-12-15-13(18-16-12)9-17-11-7-4-3-6-10(11)8-14/h10-11H,2-9,14H2,1H3. The summed E-state index contributed by atoms with van der Waals surface area (Å²) in [5, 5.41) is 3.92. The number of nitrogens with zero attached hydrogens (tertiary/aromatic N) is 2. The normalized spacial score (nSPS) is 24.3. The average Bonchev–Trinajstić information content (AvgIpc) is 2.85. The van der Waals surface area contributed by atoms with Crippen LogP contribution in [0.3, 0.4) is 0 Å². The van der Waals surface area contributed by atoms with E-state index in [4.69, 9.17) is 15.0 Å². The highest BCUT2D eigenvalue weighted by Gasteiger charge is 2.25. The Morgan fingerprint density at radius 2 is 2.22 bits per heavy atom. The summed E-state index contributed by atoms with van der Waals surface area (Å²) < 4.78 is 11.0. The minimum atomic E-state index is 0.255. The van der Waals surface area contributed by atoms with Crippen molar-refractivity contribution in [1.82, 2.24) is 10.1 Å². The molecule has 0 saturated heterocycles. The third-order valence-electron chi connectivity index (χ3n) is 3.55. The van der Waals surface area contributed by atoms with E-state index in [1.165, 1.54) is 19.3 Å². The zero-order chi connectivity index (χ0) is 12.8. The summed E-state index contributed by atoms with van der Waals surface area (Å²) in [6.45, 7) is 3.22. The Morgan fingerprint density at radius 3 is 3.00 bits per heavy atom. The molecule has 1 aliphatic rings. The molecule has 102 valence electrons. The fourth-order valence-electron chi connectivity index (χ4n) is 2.51. The van der Waals surface area contributed by atoms with E-state index in [0.29, 0.717) is 25.0 Å². The molecule has 1 fully saturated rings. The minimum absolute atomic E-state index is 0.255. The minimum Gasteiger partial charge on any atom is -0.368 e. The van der Waals surface area contributed by atoms with E-state index in [0.717, 1.165) is 25.1 Å². The van der Waals surface area contributed by atoms with Crippen molar-refractivity contribution in [3.8, 4) is 0 Å². The van der Waals surface area contributed by atoms with Crippen LogP contribution in [0.4, 0.5) is 0 Å². The van der Waals surface area contributed by atoms with Crippen LogP contribution in [0.25, 0.3) is 0 Å². The van der Waals surface area contributed by atoms with Crippen LogP contribution in [-0.2, 0) is 17.8 Å². The summed E-state index contributed by atoms with van der Waals surface area (Å²) in [5.74, 6) is 1.84. The lowest BCUT2D eigenvalue weighted by atomic mass is 9.86. The molecule has 18 heavy (non-hydrogen) atoms. The Morgan fingerprint density at radius 1 is 1.39 bits per heavy atom. The van der Waals surface area contributed by atoms with Crippen molar-refractivity contribution in [2.75, 3.05) is 6.54 Å². The molecule has 5 nitrogen and oxygen atoms in total. The van der Waals surface area contributed by atoms with Crippen molar-refractivity contribution in [2.24, 2.45) is 11.7 Å². The van der Waals surface area contributed by atoms with Gasteiger partial charge >= 0.3 is 0 Å². The lowest BCUT2D eigenvalue weighted by Crippen LogP contribution is -2.33. The maximum Gasteiger partial charge on any atom is 0.252 e. The van der Waals surface area contributed by atoms with E-state index in [1.54, 1.807) is 0 Å². The first-order chi connectivity index (χ1) is 8.83. The second-order valence-electron chi connectivity index (χ2n) is 4.98. The first kappa shape index (κ1) is 13.5. The van der Waals surface area contributed by atoms with Gasteiger partial charge in [-0.05, 0) is 31.7 Å². The summed E-state index contributed by atoms with van der Waals surface area (Å²) in [7, 11) is 0. The van der Waals surface area contributed by atoms with Gasteiger partial charge in [-0.3, -0.25) is 0 Å². The number of ether oxygens (including phenoxy) is 1. The monoisotopic (exact) mass is 253 g/mol. The summed E-state index contributed by atoms with van der Waals surface area (Å²) >= 11 is 0. The van der Waals surface area contributed by atoms with E-state index in [-0.39, 0.29) is 6.10 Å². The fourth-order valence-corrected chi connectivity index (χ4v) is 2.51. The lowest BCUT2D eigenvalue weighted by Gasteiger charge is -2.30. The molecular formula is C13H23N3O2. The molecule has 0 radical (unpaired) electrons. The topological polar surface area (TPSA) is 74.2 Å². The molecule has 1 aliphatic carbocycles. The van der Waals surface area contributed by atoms with E-state index in [2.05, 4.69) is 17.1 Å². The molecule has 0 aliphatic heterocycles. The van der Waals surface area contributed by atoms with Crippen molar-refractivity contribution >= 4 is 0 Å². The van der Waals surface area contributed by atoms with Gasteiger partial charge < -0.3 is 15.0 Å². The van der Waals surface area contributed by atoms with Gasteiger partial charge in [-0.2, -0.15) is 4.98 Å². The number of aryl methyl sites for hydroxylation is 1. The predicted molar refractivity (Wildman–Crippen MR) is 67.9 cm³/mol. The zero-order valence-corrected chi connectivity index (χ0v) is 11.1. The second-order valence-corrected chi connectivity index (χ2v) is 4.98. The van der Waals surface area contributed by atoms with Gasteiger partial charge in [0.25, 0.3) is 5.89 Å². The smallest absolute Gasteiger partial charge is 0.252 e. The first-order valence-electron chi connectivity index (χ1n) is 6.96. The molecule has 1 saturated carbocycles. The van der Waals surface area contributed by atoms with Crippen LogP contribution in [0.2, 0.25) is 0 Å². The lowest BCUT2D eigenvalue weighted by molar-refractivity contribution is -0.0278. The first-order valence-corrected chi connectivity index (χ1v) is 6.96. The molecule has 2 N–H and O–H groups in total. The Kier molecular flexibility index (Phi) is 5.13. The van der Waals surface area contributed by atoms with Gasteiger partial charge in [-0.15, -0.1) is 0 Å². The Hall–Kier alpha value is -0.940. The van der Waals surface area contributed by atoms with Gasteiger partial charge in [-0.25, -0.2) is 0 Å². The second kappa shape index (κ2) is 6.85. The molecule has 2 atom stereocenters. The van der Waals surface area contributed by atoms with Crippen molar-refractivity contribution in [3.63, 3.8) is 0 Å². The predicted octanol–water partition coefficient (Wildman–Crippen LogP) is 2.06. The summed E-state index contributed by atoms with van der Waals surface area (Å²) in [6.07, 6.45) is 6.90. The largest absolute Gasteiger partial charge is 0.368 e. The molecule has 0 bridgehead atoms. The SMILES string of the molecule is CCCc1noc(COC2CCCCC2CN)n1. The highest BCUT2D eigenvalue weighted by atomic mass is 16.5. The quantitative estimate of drug-likeness (QED) is 0.840. The van der Waals surface area contributed by atoms with Crippen molar-refractivity contribution in [1.29, 1.82) is 0 Å². The van der Waals surface area contributed by atoms with Gasteiger partial charge in [0.05, 0.1) is 6.10 Å². The number of rotatable bonds is 6. The Bertz CT molecular complexity index is 354. The van der Waals surface area contributed by atoms with Crippen LogP contribution in [0.15, 0.2) is 4.52 Å². The molecule has 0 aromatic carbocycles. The van der Waals surface area contributed by atoms with Crippen LogP contribution < -0.4 is 5.73 Å². The van der Waals surface area contributed by atoms with Crippen LogP contribution >= 0.6 is 0 Å². The zero-order valence-electron chi connectivity index (χ0n) is 11.1. The van der Waals surface area contributed by atoms with Gasteiger partial charge in [0.1, 0.15) is 6.61 Å². The summed E-state index contributed by atoms with van der Waals surface area (Å²) in [6, 6.07) is 0. The van der Waals surface area contributed by atoms with E-state index < -0.39 is 0 Å². The molecule has 0 amide bonds. The highest BCUT2D eigenvalue weighted by Crippen LogP contribution is 2.26. The number of aromatic nitrogens is 2. The molecule has 1 aromatic rings. The third kappa shape index (κ3) is 3.53. The third-order valence-corrected chi connectivity index (χ3v) is 3.55. The van der Waals surface area contributed by atoms with Gasteiger partial charge in [0, 0.05) is 6.42 Å².